The number of nitrogens with one attached hydrogen (secondary N) is 1. The van der Waals surface area contributed by atoms with Crippen LogP contribution in [0.4, 0.5) is 0 Å². The summed E-state index contributed by atoms with van der Waals surface area (Å²) < 4.78 is 36.5. The van der Waals surface area contributed by atoms with E-state index >= 15 is 0 Å². The molecule has 0 bridgehead atoms. The lowest BCUT2D eigenvalue weighted by molar-refractivity contribution is 0.185. The summed E-state index contributed by atoms with van der Waals surface area (Å²) in [7, 11) is -0.517. The van der Waals surface area contributed by atoms with E-state index in [0.29, 0.717) is 25.5 Å². The molecule has 20 heavy (non-hydrogen) atoms. The number of furan rings is 1. The van der Waals surface area contributed by atoms with Gasteiger partial charge in [-0.3, -0.25) is 0 Å². The molecule has 0 atom stereocenters. The Morgan fingerprint density at radius 2 is 2.20 bits per heavy atom. The maximum atomic E-state index is 12.4. The number of ether oxygens (including phenoxy) is 1. The Hall–Kier alpha value is -0.410. The predicted molar refractivity (Wildman–Crippen MR) is 80.1 cm³/mol. The Balaban J connectivity index is 2.84. The molecule has 1 N–H and O–H groups in total. The summed E-state index contributed by atoms with van der Waals surface area (Å²) in [5, 5.41) is 3.16. The lowest BCUT2D eigenvalue weighted by atomic mass is 10.4. The predicted octanol–water partition coefficient (Wildman–Crippen LogP) is 1.81. The molecule has 0 aliphatic carbocycles. The Morgan fingerprint density at radius 3 is 2.80 bits per heavy atom. The van der Waals surface area contributed by atoms with Gasteiger partial charge in [-0.15, -0.1) is 0 Å². The minimum absolute atomic E-state index is 0.143. The van der Waals surface area contributed by atoms with Crippen LogP contribution in [0.5, 0.6) is 0 Å². The maximum Gasteiger partial charge on any atom is 0.247 e. The van der Waals surface area contributed by atoms with Gasteiger partial charge in [0.15, 0.2) is 4.67 Å². The highest BCUT2D eigenvalue weighted by atomic mass is 79.9. The second-order valence-corrected chi connectivity index (χ2v) is 7.08. The van der Waals surface area contributed by atoms with E-state index in [0.717, 1.165) is 13.0 Å². The van der Waals surface area contributed by atoms with Gasteiger partial charge in [-0.05, 0) is 28.9 Å². The number of hydrogen-bond donors (Lipinski definition) is 1. The average Bonchev–Trinajstić information content (AvgIpc) is 2.78. The van der Waals surface area contributed by atoms with Crippen molar-refractivity contribution < 1.29 is 17.6 Å². The third-order valence-corrected chi connectivity index (χ3v) is 5.44. The molecule has 0 saturated heterocycles. The number of rotatable bonds is 9. The molecule has 6 nitrogen and oxygen atoms in total. The first-order valence-corrected chi connectivity index (χ1v) is 8.61. The lowest BCUT2D eigenvalue weighted by Crippen LogP contribution is -2.30. The molecule has 0 fully saturated rings. The number of methoxy groups -OCH3 is 1. The minimum atomic E-state index is -3.57. The van der Waals surface area contributed by atoms with Crippen LogP contribution in [0.15, 0.2) is 20.0 Å². The van der Waals surface area contributed by atoms with Gasteiger partial charge in [0.25, 0.3) is 0 Å². The molecule has 0 aromatic carbocycles. The quantitative estimate of drug-likeness (QED) is 0.673. The first-order chi connectivity index (χ1) is 9.43. The molecular weight excluding hydrogens is 348 g/mol. The average molecular weight is 369 g/mol. The van der Waals surface area contributed by atoms with E-state index in [9.17, 15) is 8.42 Å². The van der Waals surface area contributed by atoms with E-state index in [2.05, 4.69) is 28.2 Å². The normalized spacial score (nSPS) is 12.2. The van der Waals surface area contributed by atoms with Crippen LogP contribution in [0, 0.1) is 0 Å². The summed E-state index contributed by atoms with van der Waals surface area (Å²) in [5.74, 6) is 0.587. The fourth-order valence-electron chi connectivity index (χ4n) is 1.56. The molecule has 0 amide bonds. The van der Waals surface area contributed by atoms with Crippen molar-refractivity contribution in [2.75, 3.05) is 33.9 Å². The molecule has 1 rings (SSSR count). The standard InChI is InChI=1S/C12H21BrN2O4S/c1-4-5-14-9-10-8-11(12(13)19-10)20(16,17)15(2)6-7-18-3/h8,14H,4-7,9H2,1-3H3. The maximum absolute atomic E-state index is 12.4. The summed E-state index contributed by atoms with van der Waals surface area (Å²) in [5.41, 5.74) is 0. The Morgan fingerprint density at radius 1 is 1.50 bits per heavy atom. The second-order valence-electron chi connectivity index (χ2n) is 4.35. The van der Waals surface area contributed by atoms with Crippen LogP contribution in [0.2, 0.25) is 0 Å². The van der Waals surface area contributed by atoms with Gasteiger partial charge in [0.2, 0.25) is 10.0 Å². The van der Waals surface area contributed by atoms with E-state index in [-0.39, 0.29) is 9.56 Å². The van der Waals surface area contributed by atoms with Crippen LogP contribution < -0.4 is 5.32 Å². The summed E-state index contributed by atoms with van der Waals surface area (Å²) in [4.78, 5) is 0.143. The molecule has 8 heteroatoms. The van der Waals surface area contributed by atoms with Gasteiger partial charge in [0.1, 0.15) is 10.7 Å². The monoisotopic (exact) mass is 368 g/mol. The minimum Gasteiger partial charge on any atom is -0.452 e. The van der Waals surface area contributed by atoms with E-state index in [1.807, 2.05) is 0 Å². The van der Waals surface area contributed by atoms with E-state index < -0.39 is 10.0 Å². The molecule has 0 aliphatic heterocycles. The summed E-state index contributed by atoms with van der Waals surface area (Å²) in [6.07, 6.45) is 1.01. The zero-order valence-electron chi connectivity index (χ0n) is 12.0. The molecule has 1 aromatic rings. The van der Waals surface area contributed by atoms with Crippen molar-refractivity contribution in [3.63, 3.8) is 0 Å². The van der Waals surface area contributed by atoms with Crippen LogP contribution in [0.25, 0.3) is 0 Å². The molecule has 1 heterocycles. The topological polar surface area (TPSA) is 71.8 Å². The number of halogens is 1. The van der Waals surface area contributed by atoms with Gasteiger partial charge in [0.05, 0.1) is 13.2 Å². The smallest absolute Gasteiger partial charge is 0.247 e. The van der Waals surface area contributed by atoms with E-state index in [1.165, 1.54) is 18.5 Å². The molecule has 0 saturated carbocycles. The molecule has 116 valence electrons. The number of sulfonamides is 1. The molecular formula is C12H21BrN2O4S. The largest absolute Gasteiger partial charge is 0.452 e. The van der Waals surface area contributed by atoms with Gasteiger partial charge < -0.3 is 14.5 Å². The van der Waals surface area contributed by atoms with Crippen LogP contribution in [-0.4, -0.2) is 46.6 Å². The van der Waals surface area contributed by atoms with Crippen molar-refractivity contribution in [1.29, 1.82) is 0 Å². The highest BCUT2D eigenvalue weighted by Gasteiger charge is 2.26. The summed E-state index contributed by atoms with van der Waals surface area (Å²) in [6, 6.07) is 1.55. The summed E-state index contributed by atoms with van der Waals surface area (Å²) in [6.45, 7) is 4.06. The van der Waals surface area contributed by atoms with Crippen molar-refractivity contribution in [3.8, 4) is 0 Å². The van der Waals surface area contributed by atoms with Crippen molar-refractivity contribution in [1.82, 2.24) is 9.62 Å². The van der Waals surface area contributed by atoms with Crippen molar-refractivity contribution in [2.24, 2.45) is 0 Å². The van der Waals surface area contributed by atoms with Gasteiger partial charge in [-0.25, -0.2) is 8.42 Å². The molecule has 0 radical (unpaired) electrons. The summed E-state index contributed by atoms with van der Waals surface area (Å²) >= 11 is 3.17. The van der Waals surface area contributed by atoms with Gasteiger partial charge >= 0.3 is 0 Å². The molecule has 0 unspecified atom stereocenters. The lowest BCUT2D eigenvalue weighted by Gasteiger charge is -2.15. The van der Waals surface area contributed by atoms with Gasteiger partial charge in [-0.1, -0.05) is 6.92 Å². The van der Waals surface area contributed by atoms with Crippen LogP contribution in [-0.2, 0) is 21.3 Å². The second kappa shape index (κ2) is 8.14. The number of nitrogens with zero attached hydrogens (tertiary/aromatic N) is 1. The Kier molecular flexibility index (Phi) is 7.18. The number of hydrogen-bond acceptors (Lipinski definition) is 5. The third-order valence-electron chi connectivity index (χ3n) is 2.73. The zero-order valence-corrected chi connectivity index (χ0v) is 14.4. The first-order valence-electron chi connectivity index (χ1n) is 6.37. The fraction of sp³-hybridized carbons (Fsp3) is 0.667. The Bertz CT molecular complexity index is 516. The van der Waals surface area contributed by atoms with Crippen LogP contribution in [0.1, 0.15) is 19.1 Å². The third kappa shape index (κ3) is 4.56. The molecule has 1 aromatic heterocycles. The van der Waals surface area contributed by atoms with Crippen molar-refractivity contribution in [2.45, 2.75) is 24.8 Å². The van der Waals surface area contributed by atoms with Gasteiger partial charge in [-0.2, -0.15) is 4.31 Å². The van der Waals surface area contributed by atoms with Gasteiger partial charge in [0, 0.05) is 26.8 Å². The zero-order chi connectivity index (χ0) is 15.2. The first kappa shape index (κ1) is 17.6. The molecule has 0 spiro atoms. The Labute approximate surface area is 128 Å². The number of likely N-dealkylation sites (N-methyl/N-ethyl adjacent to an activating group) is 1. The molecule has 0 aliphatic rings. The SMILES string of the molecule is CCCNCc1cc(S(=O)(=O)N(C)CCOC)c(Br)o1. The highest BCUT2D eigenvalue weighted by molar-refractivity contribution is 9.10. The van der Waals surface area contributed by atoms with E-state index in [4.69, 9.17) is 9.15 Å². The van der Waals surface area contributed by atoms with Crippen molar-refractivity contribution >= 4 is 26.0 Å². The van der Waals surface area contributed by atoms with E-state index in [1.54, 1.807) is 6.07 Å². The fourth-order valence-corrected chi connectivity index (χ4v) is 3.67. The van der Waals surface area contributed by atoms with Crippen LogP contribution in [0.3, 0.4) is 0 Å². The van der Waals surface area contributed by atoms with Crippen molar-refractivity contribution in [3.05, 3.63) is 16.5 Å². The van der Waals surface area contributed by atoms with Crippen LogP contribution >= 0.6 is 15.9 Å². The highest BCUT2D eigenvalue weighted by Crippen LogP contribution is 2.28.